The van der Waals surface area contributed by atoms with Crippen molar-refractivity contribution >= 4 is 23.6 Å². The first kappa shape index (κ1) is 25.4. The molecule has 4 N–H and O–H groups in total. The van der Waals surface area contributed by atoms with Crippen LogP contribution in [0.25, 0.3) is 0 Å². The molecule has 1 aromatic rings. The van der Waals surface area contributed by atoms with Gasteiger partial charge in [0.1, 0.15) is 11.5 Å². The van der Waals surface area contributed by atoms with Crippen LogP contribution in [0, 0.1) is 23.7 Å². The van der Waals surface area contributed by atoms with E-state index < -0.39 is 11.6 Å². The van der Waals surface area contributed by atoms with Gasteiger partial charge in [-0.3, -0.25) is 9.59 Å². The number of hydrogen-bond donors (Lipinski definition) is 3. The fourth-order valence-corrected chi connectivity index (χ4v) is 7.04. The molecule has 3 saturated carbocycles. The Morgan fingerprint density at radius 2 is 1.94 bits per heavy atom. The zero-order valence-corrected chi connectivity index (χ0v) is 21.9. The van der Waals surface area contributed by atoms with Gasteiger partial charge in [-0.25, -0.2) is 0 Å². The molecule has 6 atom stereocenters. The number of ether oxygens (including phenoxy) is 1. The summed E-state index contributed by atoms with van der Waals surface area (Å²) in [7, 11) is 0. The Labute approximate surface area is 206 Å². The predicted molar refractivity (Wildman–Crippen MR) is 132 cm³/mol. The molecule has 0 aromatic carbocycles. The molecular formula is C25H40N4O4S. The highest BCUT2D eigenvalue weighted by atomic mass is 32.2. The van der Waals surface area contributed by atoms with Crippen LogP contribution in [-0.2, 0) is 4.79 Å². The number of carbonyl (C=O) groups excluding carboxylic acids is 2. The van der Waals surface area contributed by atoms with Crippen LogP contribution in [0.4, 0.5) is 0 Å². The van der Waals surface area contributed by atoms with E-state index in [1.165, 1.54) is 50.3 Å². The van der Waals surface area contributed by atoms with Gasteiger partial charge in [-0.05, 0) is 75.3 Å². The van der Waals surface area contributed by atoms with Crippen LogP contribution in [0.1, 0.15) is 83.7 Å². The first-order valence-electron chi connectivity index (χ1n) is 12.7. The number of nitrogens with zero attached hydrogens (tertiary/aromatic N) is 1. The second-order valence-electron chi connectivity index (χ2n) is 11.5. The Kier molecular flexibility index (Phi) is 7.53. The van der Waals surface area contributed by atoms with E-state index in [2.05, 4.69) is 29.6 Å². The van der Waals surface area contributed by atoms with E-state index in [0.29, 0.717) is 16.7 Å². The van der Waals surface area contributed by atoms with Gasteiger partial charge in [0.05, 0.1) is 11.6 Å². The fraction of sp³-hybridized carbons (Fsp3) is 0.800. The lowest BCUT2D eigenvalue weighted by atomic mass is 9.79. The first-order valence-corrected chi connectivity index (χ1v) is 13.6. The number of fused-ring (bicyclic) bond motifs is 2. The molecule has 2 amide bonds. The molecule has 3 aliphatic carbocycles. The van der Waals surface area contributed by atoms with Gasteiger partial charge in [0.25, 0.3) is 11.8 Å². The maximum atomic E-state index is 13.4. The van der Waals surface area contributed by atoms with Crippen LogP contribution in [-0.4, -0.2) is 46.5 Å². The molecule has 0 spiro atoms. The molecule has 0 radical (unpaired) electrons. The van der Waals surface area contributed by atoms with Crippen LogP contribution >= 0.6 is 11.8 Å². The average Bonchev–Trinajstić information content (AvgIpc) is 3.19. The molecule has 0 saturated heterocycles. The lowest BCUT2D eigenvalue weighted by molar-refractivity contribution is -0.123. The Hall–Kier alpha value is -1.74. The van der Waals surface area contributed by atoms with Crippen LogP contribution in [0.15, 0.2) is 9.42 Å². The van der Waals surface area contributed by atoms with Gasteiger partial charge in [-0.15, -0.1) is 11.8 Å². The highest BCUT2D eigenvalue weighted by Crippen LogP contribution is 2.53. The second-order valence-corrected chi connectivity index (χ2v) is 13.0. The molecular weight excluding hydrogens is 452 g/mol. The summed E-state index contributed by atoms with van der Waals surface area (Å²) in [4.78, 5) is 26.0. The third kappa shape index (κ3) is 5.56. The van der Waals surface area contributed by atoms with Crippen LogP contribution in [0.5, 0.6) is 5.88 Å². The number of amides is 2. The largest absolute Gasteiger partial charge is 0.472 e. The van der Waals surface area contributed by atoms with Crippen LogP contribution in [0.2, 0.25) is 0 Å². The van der Waals surface area contributed by atoms with Crippen molar-refractivity contribution in [3.63, 3.8) is 0 Å². The molecule has 3 fully saturated rings. The average molecular weight is 493 g/mol. The van der Waals surface area contributed by atoms with Crippen molar-refractivity contribution in [1.29, 1.82) is 0 Å². The SMILES string of the molecule is CC(C)Sc1c(OCC(C)(C)NC(=O)C(C)N)noc1C(=O)NC1C2CC3CCCC1C(C3)C2. The van der Waals surface area contributed by atoms with Gasteiger partial charge in [0.15, 0.2) is 0 Å². The van der Waals surface area contributed by atoms with Crippen molar-refractivity contribution in [3.8, 4) is 5.88 Å². The number of rotatable bonds is 9. The zero-order valence-electron chi connectivity index (χ0n) is 21.1. The topological polar surface area (TPSA) is 119 Å². The smallest absolute Gasteiger partial charge is 0.291 e. The maximum Gasteiger partial charge on any atom is 0.291 e. The van der Waals surface area contributed by atoms with E-state index in [4.69, 9.17) is 15.0 Å². The molecule has 9 heteroatoms. The van der Waals surface area contributed by atoms with Crippen molar-refractivity contribution in [3.05, 3.63) is 5.76 Å². The monoisotopic (exact) mass is 492 g/mol. The van der Waals surface area contributed by atoms with E-state index in [9.17, 15) is 9.59 Å². The summed E-state index contributed by atoms with van der Waals surface area (Å²) < 4.78 is 11.5. The summed E-state index contributed by atoms with van der Waals surface area (Å²) in [5, 5.41) is 10.5. The molecule has 3 bridgehead atoms. The van der Waals surface area contributed by atoms with E-state index in [1.54, 1.807) is 6.92 Å². The van der Waals surface area contributed by atoms with Crippen LogP contribution in [0.3, 0.4) is 0 Å². The lowest BCUT2D eigenvalue weighted by Gasteiger charge is -2.29. The summed E-state index contributed by atoms with van der Waals surface area (Å²) in [6, 6.07) is -0.384. The first-order chi connectivity index (χ1) is 16.0. The van der Waals surface area contributed by atoms with Gasteiger partial charge in [-0.1, -0.05) is 26.7 Å². The number of thioether (sulfide) groups is 1. The quantitative estimate of drug-likeness (QED) is 0.449. The van der Waals surface area contributed by atoms with Crippen molar-refractivity contribution < 1.29 is 18.8 Å². The van der Waals surface area contributed by atoms with Gasteiger partial charge >= 0.3 is 0 Å². The normalized spacial score (nSPS) is 29.1. The lowest BCUT2D eigenvalue weighted by Crippen LogP contribution is -2.52. The molecule has 1 heterocycles. The Morgan fingerprint density at radius 3 is 2.65 bits per heavy atom. The number of nitrogens with two attached hydrogens (primary N) is 1. The molecule has 8 nitrogen and oxygen atoms in total. The number of carbonyl (C=O) groups is 2. The Bertz CT molecular complexity index is 899. The highest BCUT2D eigenvalue weighted by molar-refractivity contribution is 8.00. The summed E-state index contributed by atoms with van der Waals surface area (Å²) in [5.74, 6) is 2.80. The predicted octanol–water partition coefficient (Wildman–Crippen LogP) is 3.74. The molecule has 1 aromatic heterocycles. The minimum atomic E-state index is -0.662. The second kappa shape index (κ2) is 10.1. The summed E-state index contributed by atoms with van der Waals surface area (Å²) in [6.07, 6.45) is 7.64. The summed E-state index contributed by atoms with van der Waals surface area (Å²) >= 11 is 1.50. The van der Waals surface area contributed by atoms with Gasteiger partial charge in [-0.2, -0.15) is 0 Å². The zero-order chi connectivity index (χ0) is 24.6. The molecule has 6 unspecified atom stereocenters. The molecule has 4 rings (SSSR count). The van der Waals surface area contributed by atoms with E-state index >= 15 is 0 Å². The van der Waals surface area contributed by atoms with Crippen LogP contribution < -0.4 is 21.1 Å². The molecule has 34 heavy (non-hydrogen) atoms. The summed E-state index contributed by atoms with van der Waals surface area (Å²) in [5.41, 5.74) is 5.01. The van der Waals surface area contributed by atoms with E-state index in [-0.39, 0.29) is 41.4 Å². The number of hydrogen-bond acceptors (Lipinski definition) is 7. The van der Waals surface area contributed by atoms with Crippen molar-refractivity contribution in [2.24, 2.45) is 29.4 Å². The van der Waals surface area contributed by atoms with Crippen molar-refractivity contribution in [1.82, 2.24) is 15.8 Å². The van der Waals surface area contributed by atoms with E-state index in [0.717, 1.165) is 11.8 Å². The van der Waals surface area contributed by atoms with Gasteiger partial charge in [0.2, 0.25) is 11.7 Å². The van der Waals surface area contributed by atoms with Crippen molar-refractivity contribution in [2.45, 2.75) is 101 Å². The number of nitrogens with one attached hydrogen (secondary N) is 2. The van der Waals surface area contributed by atoms with Gasteiger partial charge < -0.3 is 25.6 Å². The maximum absolute atomic E-state index is 13.4. The summed E-state index contributed by atoms with van der Waals surface area (Å²) in [6.45, 7) is 9.62. The minimum absolute atomic E-state index is 0.167. The minimum Gasteiger partial charge on any atom is -0.472 e. The third-order valence-corrected chi connectivity index (χ3v) is 8.59. The van der Waals surface area contributed by atoms with E-state index in [1.807, 2.05) is 13.8 Å². The van der Waals surface area contributed by atoms with Crippen molar-refractivity contribution in [2.75, 3.05) is 6.61 Å². The molecule has 190 valence electrons. The molecule has 0 aliphatic heterocycles. The Morgan fingerprint density at radius 1 is 1.21 bits per heavy atom. The van der Waals surface area contributed by atoms with Gasteiger partial charge in [0, 0.05) is 11.3 Å². The highest BCUT2D eigenvalue weighted by Gasteiger charge is 2.49. The molecule has 3 aliphatic rings. The third-order valence-electron chi connectivity index (χ3n) is 7.52. The number of aromatic nitrogens is 1. The Balaban J connectivity index is 1.47. The fourth-order valence-electron chi connectivity index (χ4n) is 6.13. The standard InChI is InChI=1S/C25H40N4O4S/c1-13(2)34-21-20(33-29-24(21)32-12-25(4,5)28-22(30)14(3)26)23(31)27-19-17-10-15-7-6-8-18(19)16(9-15)11-17/h13-19H,6-12,26H2,1-5H3,(H,27,31)(H,28,30).